The van der Waals surface area contributed by atoms with Crippen molar-refractivity contribution in [1.82, 2.24) is 0 Å². The summed E-state index contributed by atoms with van der Waals surface area (Å²) >= 11 is 0. The predicted molar refractivity (Wildman–Crippen MR) is 69.8 cm³/mol. The minimum Gasteiger partial charge on any atom is -0.347 e. The van der Waals surface area contributed by atoms with Crippen molar-refractivity contribution in [1.29, 1.82) is 0 Å². The van der Waals surface area contributed by atoms with Crippen molar-refractivity contribution in [2.75, 3.05) is 13.2 Å². The first-order chi connectivity index (χ1) is 7.90. The predicted octanol–water partition coefficient (Wildman–Crippen LogP) is 3.83. The van der Waals surface area contributed by atoms with Gasteiger partial charge in [0.05, 0.1) is 13.2 Å². The Morgan fingerprint density at radius 1 is 1.29 bits per heavy atom. The van der Waals surface area contributed by atoms with Crippen molar-refractivity contribution in [3.05, 3.63) is 23.8 Å². The van der Waals surface area contributed by atoms with E-state index < -0.39 is 0 Å². The fraction of sp³-hybridized carbons (Fsp3) is 0.733. The van der Waals surface area contributed by atoms with E-state index in [1.807, 2.05) is 0 Å². The third-order valence-electron chi connectivity index (χ3n) is 3.49. The molecule has 0 aromatic heterocycles. The fourth-order valence-corrected chi connectivity index (χ4v) is 2.45. The first-order valence-electron chi connectivity index (χ1n) is 6.55. The second-order valence-electron chi connectivity index (χ2n) is 6.38. The number of allylic oxidation sites excluding steroid dienone is 2. The van der Waals surface area contributed by atoms with Gasteiger partial charge in [-0.05, 0) is 29.4 Å². The molecule has 2 aliphatic rings. The van der Waals surface area contributed by atoms with Gasteiger partial charge in [-0.3, -0.25) is 0 Å². The Hall–Kier alpha value is -0.600. The summed E-state index contributed by atoms with van der Waals surface area (Å²) in [4.78, 5) is 0. The summed E-state index contributed by atoms with van der Waals surface area (Å²) in [7, 11) is 0. The van der Waals surface area contributed by atoms with E-state index >= 15 is 0 Å². The van der Waals surface area contributed by atoms with E-state index in [9.17, 15) is 0 Å². The van der Waals surface area contributed by atoms with E-state index in [0.717, 1.165) is 38.9 Å². The largest absolute Gasteiger partial charge is 0.347 e. The van der Waals surface area contributed by atoms with E-state index in [-0.39, 0.29) is 5.79 Å². The van der Waals surface area contributed by atoms with Crippen LogP contribution in [0.3, 0.4) is 0 Å². The molecule has 0 radical (unpaired) electrons. The second kappa shape index (κ2) is 4.58. The molecule has 2 fully saturated rings. The highest BCUT2D eigenvalue weighted by molar-refractivity contribution is 5.32. The minimum atomic E-state index is -0.337. The van der Waals surface area contributed by atoms with Gasteiger partial charge in [-0.15, -0.1) is 0 Å². The van der Waals surface area contributed by atoms with Gasteiger partial charge in [-0.25, -0.2) is 0 Å². The van der Waals surface area contributed by atoms with Gasteiger partial charge >= 0.3 is 0 Å². The van der Waals surface area contributed by atoms with Gasteiger partial charge in [0, 0.05) is 12.8 Å². The first kappa shape index (κ1) is 12.8. The fourth-order valence-electron chi connectivity index (χ4n) is 2.45. The standard InChI is InChI=1S/C15H24O2/c1-12-11-15(16-9-10-17-15)8-6-13(12)5-7-14(2,3)4/h5H,1,6-11H2,2-4H3/b13-5-. The molecule has 0 aromatic rings. The zero-order valence-electron chi connectivity index (χ0n) is 11.3. The topological polar surface area (TPSA) is 18.5 Å². The molecule has 0 atom stereocenters. The van der Waals surface area contributed by atoms with Crippen LogP contribution in [0.5, 0.6) is 0 Å². The molecule has 2 nitrogen and oxygen atoms in total. The van der Waals surface area contributed by atoms with Gasteiger partial charge in [0.15, 0.2) is 5.79 Å². The second-order valence-corrected chi connectivity index (χ2v) is 6.38. The van der Waals surface area contributed by atoms with Gasteiger partial charge in [0.2, 0.25) is 0 Å². The zero-order chi connectivity index (χ0) is 12.5. The van der Waals surface area contributed by atoms with Gasteiger partial charge in [-0.1, -0.05) is 33.4 Å². The number of hydrogen-bond acceptors (Lipinski definition) is 2. The lowest BCUT2D eigenvalue weighted by Gasteiger charge is -2.34. The van der Waals surface area contributed by atoms with Crippen LogP contribution in [0.1, 0.15) is 46.5 Å². The van der Waals surface area contributed by atoms with Crippen molar-refractivity contribution in [2.24, 2.45) is 5.41 Å². The Labute approximate surface area is 105 Å². The third kappa shape index (κ3) is 3.20. The molecule has 1 aliphatic heterocycles. The highest BCUT2D eigenvalue weighted by atomic mass is 16.7. The van der Waals surface area contributed by atoms with E-state index in [1.165, 1.54) is 11.1 Å². The molecular weight excluding hydrogens is 212 g/mol. The summed E-state index contributed by atoms with van der Waals surface area (Å²) in [5.41, 5.74) is 2.95. The molecule has 1 spiro atoms. The number of rotatable bonds is 1. The van der Waals surface area contributed by atoms with Crippen LogP contribution in [-0.2, 0) is 9.47 Å². The summed E-state index contributed by atoms with van der Waals surface area (Å²) in [5.74, 6) is -0.337. The van der Waals surface area contributed by atoms with Crippen LogP contribution in [0.15, 0.2) is 23.8 Å². The lowest BCUT2D eigenvalue weighted by Crippen LogP contribution is -2.34. The molecule has 1 saturated carbocycles. The minimum absolute atomic E-state index is 0.337. The maximum Gasteiger partial charge on any atom is 0.172 e. The van der Waals surface area contributed by atoms with Crippen molar-refractivity contribution in [3.8, 4) is 0 Å². The van der Waals surface area contributed by atoms with Crippen LogP contribution in [0, 0.1) is 5.41 Å². The van der Waals surface area contributed by atoms with Gasteiger partial charge < -0.3 is 9.47 Å². The molecule has 2 rings (SSSR count). The van der Waals surface area contributed by atoms with Gasteiger partial charge in [-0.2, -0.15) is 0 Å². The number of ether oxygens (including phenoxy) is 2. The zero-order valence-corrected chi connectivity index (χ0v) is 11.3. The van der Waals surface area contributed by atoms with E-state index in [0.29, 0.717) is 5.41 Å². The van der Waals surface area contributed by atoms with Crippen LogP contribution in [0.2, 0.25) is 0 Å². The van der Waals surface area contributed by atoms with Crippen molar-refractivity contribution in [3.63, 3.8) is 0 Å². The first-order valence-corrected chi connectivity index (χ1v) is 6.55. The highest BCUT2D eigenvalue weighted by Crippen LogP contribution is 2.41. The quantitative estimate of drug-likeness (QED) is 0.689. The molecule has 17 heavy (non-hydrogen) atoms. The molecule has 0 unspecified atom stereocenters. The van der Waals surface area contributed by atoms with E-state index in [1.54, 1.807) is 0 Å². The van der Waals surface area contributed by atoms with Crippen LogP contribution < -0.4 is 0 Å². The lowest BCUT2D eigenvalue weighted by atomic mass is 9.83. The third-order valence-corrected chi connectivity index (χ3v) is 3.49. The summed E-state index contributed by atoms with van der Waals surface area (Å²) in [5, 5.41) is 0. The molecule has 0 N–H and O–H groups in total. The molecule has 0 aromatic carbocycles. The Morgan fingerprint density at radius 2 is 1.94 bits per heavy atom. The van der Waals surface area contributed by atoms with Crippen LogP contribution in [0.4, 0.5) is 0 Å². The summed E-state index contributed by atoms with van der Waals surface area (Å²) < 4.78 is 11.5. The monoisotopic (exact) mass is 236 g/mol. The smallest absolute Gasteiger partial charge is 0.172 e. The molecule has 2 heteroatoms. The molecule has 0 bridgehead atoms. The Kier molecular flexibility index (Phi) is 3.46. The maximum atomic E-state index is 5.74. The Bertz CT molecular complexity index is 327. The average molecular weight is 236 g/mol. The van der Waals surface area contributed by atoms with Crippen LogP contribution >= 0.6 is 0 Å². The normalized spacial score (nSPS) is 27.0. The van der Waals surface area contributed by atoms with Gasteiger partial charge in [0.25, 0.3) is 0 Å². The van der Waals surface area contributed by atoms with Crippen molar-refractivity contribution in [2.45, 2.75) is 52.2 Å². The average Bonchev–Trinajstić information content (AvgIpc) is 2.64. The maximum absolute atomic E-state index is 5.74. The Balaban J connectivity index is 1.98. The van der Waals surface area contributed by atoms with E-state index in [2.05, 4.69) is 33.4 Å². The van der Waals surface area contributed by atoms with Gasteiger partial charge in [0.1, 0.15) is 0 Å². The SMILES string of the molecule is C=C1CC2(CC/C1=C/CC(C)(C)C)OCCO2. The van der Waals surface area contributed by atoms with Crippen LogP contribution in [-0.4, -0.2) is 19.0 Å². The molecule has 1 heterocycles. The van der Waals surface area contributed by atoms with Crippen LogP contribution in [0.25, 0.3) is 0 Å². The Morgan fingerprint density at radius 3 is 2.47 bits per heavy atom. The molecular formula is C15H24O2. The summed E-state index contributed by atoms with van der Waals surface area (Å²) in [6, 6.07) is 0. The lowest BCUT2D eigenvalue weighted by molar-refractivity contribution is -0.163. The summed E-state index contributed by atoms with van der Waals surface area (Å²) in [6.07, 6.45) is 6.31. The highest BCUT2D eigenvalue weighted by Gasteiger charge is 2.40. The molecule has 1 aliphatic carbocycles. The van der Waals surface area contributed by atoms with E-state index in [4.69, 9.17) is 9.47 Å². The summed E-state index contributed by atoms with van der Waals surface area (Å²) in [6.45, 7) is 12.4. The molecule has 0 amide bonds. The molecule has 1 saturated heterocycles. The van der Waals surface area contributed by atoms with Crippen molar-refractivity contribution >= 4 is 0 Å². The number of hydrogen-bond donors (Lipinski definition) is 0. The molecule has 96 valence electrons. The van der Waals surface area contributed by atoms with Crippen molar-refractivity contribution < 1.29 is 9.47 Å².